The molecular weight excluding hydrogens is 345 g/mol. The van der Waals surface area contributed by atoms with Gasteiger partial charge in [-0.2, -0.15) is 0 Å². The van der Waals surface area contributed by atoms with E-state index < -0.39 is 0 Å². The van der Waals surface area contributed by atoms with Gasteiger partial charge in [-0.05, 0) is 0 Å². The van der Waals surface area contributed by atoms with Crippen LogP contribution in [0, 0.1) is 0 Å². The van der Waals surface area contributed by atoms with Crippen molar-refractivity contribution in [2.45, 2.75) is 18.9 Å². The van der Waals surface area contributed by atoms with Crippen LogP contribution in [0.5, 0.6) is 0 Å². The number of piperidine rings is 1. The second kappa shape index (κ2) is 5.76. The fraction of sp³-hybridized carbons (Fsp3) is 0.333. The molecule has 3 aromatic heterocycles. The first-order valence-corrected chi connectivity index (χ1v) is 8.14. The summed E-state index contributed by atoms with van der Waals surface area (Å²) >= 11 is 2.99. The Kier molecular flexibility index (Phi) is 3.62. The Morgan fingerprint density at radius 3 is 3.14 bits per heavy atom. The molecule has 3 aromatic rings. The van der Waals surface area contributed by atoms with Gasteiger partial charge in [0.25, 0.3) is 0 Å². The van der Waals surface area contributed by atoms with Crippen LogP contribution in [0.25, 0.3) is 22.5 Å². The number of nitrogens with zero attached hydrogens (tertiary/aromatic N) is 3. The first-order valence-electron chi connectivity index (χ1n) is 7.37. The van der Waals surface area contributed by atoms with Gasteiger partial charge in [0.05, 0.1) is 0 Å². The molecule has 0 bridgehead atoms. The third-order valence-corrected chi connectivity index (χ3v) is 4.61. The van der Waals surface area contributed by atoms with E-state index in [0.717, 1.165) is 41.8 Å². The zero-order valence-corrected chi connectivity index (χ0v) is 13.7. The molecule has 0 unspecified atom stereocenters. The van der Waals surface area contributed by atoms with Gasteiger partial charge >= 0.3 is 136 Å². The number of rotatable bonds is 3. The fourth-order valence-electron chi connectivity index (χ4n) is 2.92. The van der Waals surface area contributed by atoms with Crippen molar-refractivity contribution in [3.63, 3.8) is 0 Å². The van der Waals surface area contributed by atoms with E-state index in [1.165, 1.54) is 6.42 Å². The monoisotopic (exact) mass is 362 g/mol. The van der Waals surface area contributed by atoms with E-state index in [4.69, 9.17) is 4.42 Å². The van der Waals surface area contributed by atoms with Crippen LogP contribution in [0.2, 0.25) is 0 Å². The second-order valence-corrected chi connectivity index (χ2v) is 6.28. The standard InChI is InChI=1S/C15H16N5OSe/c22-20-6-3-11-13(19-10-2-1-4-16-8-10)12(9-18-14(11)20)15-17-5-7-21-15/h3,5-7,9-10,16H,1-2,4,8H2,(H,18,19)/t10-/m1/s1. The summed E-state index contributed by atoms with van der Waals surface area (Å²) in [5.74, 6) is 0.591. The van der Waals surface area contributed by atoms with Crippen molar-refractivity contribution < 1.29 is 4.42 Å². The van der Waals surface area contributed by atoms with Crippen LogP contribution in [0.4, 0.5) is 5.69 Å². The van der Waals surface area contributed by atoms with Crippen LogP contribution in [0.3, 0.4) is 0 Å². The molecule has 1 atom stereocenters. The van der Waals surface area contributed by atoms with Crippen molar-refractivity contribution in [2.24, 2.45) is 0 Å². The van der Waals surface area contributed by atoms with E-state index in [1.807, 2.05) is 16.0 Å². The van der Waals surface area contributed by atoms with Crippen molar-refractivity contribution in [2.75, 3.05) is 18.4 Å². The van der Waals surface area contributed by atoms with E-state index >= 15 is 0 Å². The Labute approximate surface area is 136 Å². The number of hydrogen-bond acceptors (Lipinski definition) is 5. The number of anilines is 1. The van der Waals surface area contributed by atoms with Crippen LogP contribution in [0.1, 0.15) is 12.8 Å². The number of hydrogen-bond donors (Lipinski definition) is 2. The summed E-state index contributed by atoms with van der Waals surface area (Å²) in [4.78, 5) is 8.80. The van der Waals surface area contributed by atoms with Gasteiger partial charge in [-0.1, -0.05) is 0 Å². The maximum atomic E-state index is 5.48. The molecule has 1 aliphatic heterocycles. The molecule has 1 radical (unpaired) electrons. The average Bonchev–Trinajstić information content (AvgIpc) is 3.19. The van der Waals surface area contributed by atoms with E-state index in [-0.39, 0.29) is 0 Å². The molecule has 4 heterocycles. The quantitative estimate of drug-likeness (QED) is 0.697. The predicted molar refractivity (Wildman–Crippen MR) is 85.9 cm³/mol. The normalized spacial score (nSPS) is 18.6. The summed E-state index contributed by atoms with van der Waals surface area (Å²) in [6.45, 7) is 2.06. The number of oxazole rings is 1. The van der Waals surface area contributed by atoms with Crippen molar-refractivity contribution in [1.29, 1.82) is 0 Å². The van der Waals surface area contributed by atoms with E-state index in [0.29, 0.717) is 11.9 Å². The summed E-state index contributed by atoms with van der Waals surface area (Å²) in [5, 5.41) is 8.17. The van der Waals surface area contributed by atoms with Gasteiger partial charge in [-0.3, -0.25) is 0 Å². The van der Waals surface area contributed by atoms with Gasteiger partial charge in [0, 0.05) is 0 Å². The predicted octanol–water partition coefficient (Wildman–Crippen LogP) is 1.79. The Morgan fingerprint density at radius 2 is 2.36 bits per heavy atom. The van der Waals surface area contributed by atoms with E-state index in [2.05, 4.69) is 42.9 Å². The van der Waals surface area contributed by atoms with Crippen LogP contribution < -0.4 is 10.6 Å². The van der Waals surface area contributed by atoms with Crippen LogP contribution in [-0.2, 0) is 0 Å². The molecule has 2 N–H and O–H groups in total. The number of nitrogens with one attached hydrogen (secondary N) is 2. The van der Waals surface area contributed by atoms with Gasteiger partial charge < -0.3 is 0 Å². The molecular formula is C15H16N5OSe. The average molecular weight is 361 g/mol. The van der Waals surface area contributed by atoms with Crippen LogP contribution >= 0.6 is 0 Å². The molecule has 0 spiro atoms. The molecule has 1 fully saturated rings. The third kappa shape index (κ3) is 2.41. The molecule has 0 saturated carbocycles. The summed E-state index contributed by atoms with van der Waals surface area (Å²) in [7, 11) is 0. The van der Waals surface area contributed by atoms with E-state index in [1.54, 1.807) is 12.5 Å². The van der Waals surface area contributed by atoms with Crippen molar-refractivity contribution in [3.05, 3.63) is 30.9 Å². The molecule has 22 heavy (non-hydrogen) atoms. The second-order valence-electron chi connectivity index (χ2n) is 5.45. The van der Waals surface area contributed by atoms with Crippen molar-refractivity contribution in [1.82, 2.24) is 18.9 Å². The zero-order valence-electron chi connectivity index (χ0n) is 12.0. The molecule has 6 nitrogen and oxygen atoms in total. The minimum absolute atomic E-state index is 0.400. The van der Waals surface area contributed by atoms with Gasteiger partial charge in [-0.15, -0.1) is 0 Å². The van der Waals surface area contributed by atoms with Gasteiger partial charge in [-0.25, -0.2) is 0 Å². The third-order valence-electron chi connectivity index (χ3n) is 3.99. The van der Waals surface area contributed by atoms with Crippen LogP contribution in [0.15, 0.2) is 35.3 Å². The van der Waals surface area contributed by atoms with Crippen molar-refractivity contribution >= 4 is 33.0 Å². The molecule has 4 rings (SSSR count). The molecule has 113 valence electrons. The number of fused-ring (bicyclic) bond motifs is 1. The SMILES string of the molecule is [Se]n1ccc2c(N[C@@H]3CCCNC3)c(-c3ncco3)cnc21. The summed E-state index contributed by atoms with van der Waals surface area (Å²) in [6, 6.07) is 2.46. The summed E-state index contributed by atoms with van der Waals surface area (Å²) < 4.78 is 7.39. The van der Waals surface area contributed by atoms with E-state index in [9.17, 15) is 0 Å². The van der Waals surface area contributed by atoms with Crippen LogP contribution in [-0.4, -0.2) is 48.9 Å². The van der Waals surface area contributed by atoms with Gasteiger partial charge in [0.15, 0.2) is 0 Å². The molecule has 0 aromatic carbocycles. The van der Waals surface area contributed by atoms with Gasteiger partial charge in [0.1, 0.15) is 0 Å². The fourth-order valence-corrected chi connectivity index (χ4v) is 3.35. The summed E-state index contributed by atoms with van der Waals surface area (Å²) in [5.41, 5.74) is 2.84. The maximum absolute atomic E-state index is 5.48. The Balaban J connectivity index is 1.82. The molecule has 0 amide bonds. The molecule has 7 heteroatoms. The minimum atomic E-state index is 0.400. The Hall–Kier alpha value is -1.82. The molecule has 1 aliphatic rings. The zero-order chi connectivity index (χ0) is 14.9. The Bertz CT molecular complexity index is 777. The number of pyridine rings is 1. The molecule has 0 aliphatic carbocycles. The van der Waals surface area contributed by atoms with Gasteiger partial charge in [0.2, 0.25) is 0 Å². The first-order chi connectivity index (χ1) is 10.8. The molecule has 1 saturated heterocycles. The number of aromatic nitrogens is 3. The van der Waals surface area contributed by atoms with Crippen molar-refractivity contribution in [3.8, 4) is 11.5 Å². The summed E-state index contributed by atoms with van der Waals surface area (Å²) in [6.07, 6.45) is 9.37. The first kappa shape index (κ1) is 13.8. The Morgan fingerprint density at radius 1 is 1.41 bits per heavy atom. The topological polar surface area (TPSA) is 67.9 Å².